The quantitative estimate of drug-likeness (QED) is 0.795. The SMILES string of the molecule is C=C1Nc2c(c(=O)n(C)c(=O)n2C)C(c2ccc(N(C)C)cc2)C1C(=O)OC. The third-order valence-electron chi connectivity index (χ3n) is 5.22. The third kappa shape index (κ3) is 2.90. The second kappa shape index (κ2) is 7.03. The number of hydrogen-bond acceptors (Lipinski definition) is 6. The summed E-state index contributed by atoms with van der Waals surface area (Å²) >= 11 is 0. The number of aromatic nitrogens is 2. The van der Waals surface area contributed by atoms with E-state index in [1.54, 1.807) is 7.05 Å². The molecule has 3 rings (SSSR count). The number of benzene rings is 1. The Morgan fingerprint density at radius 2 is 1.75 bits per heavy atom. The zero-order valence-corrected chi connectivity index (χ0v) is 16.6. The molecule has 2 unspecified atom stereocenters. The van der Waals surface area contributed by atoms with E-state index >= 15 is 0 Å². The summed E-state index contributed by atoms with van der Waals surface area (Å²) in [5, 5.41) is 2.98. The van der Waals surface area contributed by atoms with Gasteiger partial charge in [-0.1, -0.05) is 18.7 Å². The Bertz CT molecular complexity index is 1060. The van der Waals surface area contributed by atoms with E-state index in [0.717, 1.165) is 15.8 Å². The summed E-state index contributed by atoms with van der Waals surface area (Å²) in [6.45, 7) is 3.96. The summed E-state index contributed by atoms with van der Waals surface area (Å²) in [4.78, 5) is 39.9. The van der Waals surface area contributed by atoms with E-state index in [1.807, 2.05) is 43.3 Å². The molecule has 0 amide bonds. The van der Waals surface area contributed by atoms with Gasteiger partial charge in [-0.15, -0.1) is 0 Å². The summed E-state index contributed by atoms with van der Waals surface area (Å²) in [7, 11) is 8.16. The molecule has 2 aromatic rings. The first kappa shape index (κ1) is 19.5. The van der Waals surface area contributed by atoms with E-state index in [2.05, 4.69) is 11.9 Å². The number of carbonyl (C=O) groups is 1. The van der Waals surface area contributed by atoms with Crippen LogP contribution < -0.4 is 21.5 Å². The van der Waals surface area contributed by atoms with Gasteiger partial charge in [-0.2, -0.15) is 0 Å². The fourth-order valence-electron chi connectivity index (χ4n) is 3.64. The molecule has 0 radical (unpaired) electrons. The third-order valence-corrected chi connectivity index (χ3v) is 5.22. The molecule has 148 valence electrons. The van der Waals surface area contributed by atoms with Crippen molar-refractivity contribution < 1.29 is 9.53 Å². The zero-order chi connectivity index (χ0) is 20.7. The monoisotopic (exact) mass is 384 g/mol. The minimum atomic E-state index is -0.798. The predicted molar refractivity (Wildman–Crippen MR) is 108 cm³/mol. The standard InChI is InChI=1S/C20H24N4O4/c1-11-14(19(26)28-6)15(12-7-9-13(10-8-12)22(2)3)16-17(21-11)23(4)20(27)24(5)18(16)25/h7-10,14-15,21H,1H2,2-6H3. The lowest BCUT2D eigenvalue weighted by atomic mass is 9.77. The molecule has 0 aliphatic carbocycles. The van der Waals surface area contributed by atoms with Gasteiger partial charge < -0.3 is 15.0 Å². The smallest absolute Gasteiger partial charge is 0.332 e. The maximum atomic E-state index is 13.0. The van der Waals surface area contributed by atoms with E-state index in [-0.39, 0.29) is 0 Å². The highest BCUT2D eigenvalue weighted by Gasteiger charge is 2.42. The Kier molecular flexibility index (Phi) is 4.89. The molecule has 1 N–H and O–H groups in total. The van der Waals surface area contributed by atoms with Crippen LogP contribution in [-0.2, 0) is 23.6 Å². The maximum Gasteiger partial charge on any atom is 0.332 e. The van der Waals surface area contributed by atoms with Crippen molar-refractivity contribution in [1.29, 1.82) is 0 Å². The van der Waals surface area contributed by atoms with Gasteiger partial charge in [-0.25, -0.2) is 4.79 Å². The number of fused-ring (bicyclic) bond motifs is 1. The molecule has 1 aromatic carbocycles. The number of nitrogens with one attached hydrogen (secondary N) is 1. The van der Waals surface area contributed by atoms with Crippen LogP contribution in [0.4, 0.5) is 11.5 Å². The maximum absolute atomic E-state index is 13.0. The first-order valence-corrected chi connectivity index (χ1v) is 8.79. The van der Waals surface area contributed by atoms with Gasteiger partial charge in [0.2, 0.25) is 0 Å². The summed E-state index contributed by atoms with van der Waals surface area (Å²) in [6, 6.07) is 7.59. The van der Waals surface area contributed by atoms with Crippen molar-refractivity contribution in [2.24, 2.45) is 20.0 Å². The summed E-state index contributed by atoms with van der Waals surface area (Å²) in [5.41, 5.74) is 1.56. The van der Waals surface area contributed by atoms with Crippen LogP contribution in [0.5, 0.6) is 0 Å². The van der Waals surface area contributed by atoms with Gasteiger partial charge in [-0.3, -0.25) is 18.7 Å². The molecular formula is C20H24N4O4. The summed E-state index contributed by atoms with van der Waals surface area (Å²) in [6.07, 6.45) is 0. The van der Waals surface area contributed by atoms with Gasteiger partial charge in [-0.05, 0) is 17.7 Å². The number of ether oxygens (including phenoxy) is 1. The van der Waals surface area contributed by atoms with Crippen molar-refractivity contribution in [3.05, 3.63) is 68.5 Å². The van der Waals surface area contributed by atoms with Gasteiger partial charge in [0.05, 0.1) is 12.7 Å². The van der Waals surface area contributed by atoms with E-state index < -0.39 is 29.1 Å². The Hall–Kier alpha value is -3.29. The first-order chi connectivity index (χ1) is 13.2. The molecule has 0 saturated heterocycles. The molecule has 0 saturated carbocycles. The second-order valence-corrected chi connectivity index (χ2v) is 7.08. The number of esters is 1. The van der Waals surface area contributed by atoms with Crippen LogP contribution >= 0.6 is 0 Å². The van der Waals surface area contributed by atoms with Crippen molar-refractivity contribution in [3.63, 3.8) is 0 Å². The normalized spacial score (nSPS) is 18.2. The van der Waals surface area contributed by atoms with E-state index in [9.17, 15) is 14.4 Å². The summed E-state index contributed by atoms with van der Waals surface area (Å²) < 4.78 is 7.39. The number of carbonyl (C=O) groups excluding carboxylic acids is 1. The second-order valence-electron chi connectivity index (χ2n) is 7.08. The van der Waals surface area contributed by atoms with Gasteiger partial charge in [0.25, 0.3) is 5.56 Å². The topological polar surface area (TPSA) is 85.6 Å². The van der Waals surface area contributed by atoms with Crippen LogP contribution in [0.25, 0.3) is 0 Å². The van der Waals surface area contributed by atoms with Crippen molar-refractivity contribution in [2.75, 3.05) is 31.4 Å². The van der Waals surface area contributed by atoms with Crippen LogP contribution in [0.15, 0.2) is 46.1 Å². The number of anilines is 2. The molecule has 0 spiro atoms. The number of nitrogens with zero attached hydrogens (tertiary/aromatic N) is 3. The molecule has 28 heavy (non-hydrogen) atoms. The van der Waals surface area contributed by atoms with Crippen LogP contribution in [0.3, 0.4) is 0 Å². The van der Waals surface area contributed by atoms with Crippen molar-refractivity contribution in [1.82, 2.24) is 9.13 Å². The lowest BCUT2D eigenvalue weighted by Crippen LogP contribution is -2.46. The van der Waals surface area contributed by atoms with Crippen molar-refractivity contribution in [3.8, 4) is 0 Å². The highest BCUT2D eigenvalue weighted by molar-refractivity contribution is 5.81. The minimum Gasteiger partial charge on any atom is -0.468 e. The predicted octanol–water partition coefficient (Wildman–Crippen LogP) is 1.01. The van der Waals surface area contributed by atoms with E-state index in [1.165, 1.54) is 18.7 Å². The van der Waals surface area contributed by atoms with Gasteiger partial charge >= 0.3 is 11.7 Å². The van der Waals surface area contributed by atoms with Crippen LogP contribution in [0, 0.1) is 5.92 Å². The van der Waals surface area contributed by atoms with Crippen LogP contribution in [0.1, 0.15) is 17.0 Å². The average Bonchev–Trinajstić information content (AvgIpc) is 2.69. The molecule has 2 atom stereocenters. The molecule has 2 heterocycles. The molecule has 8 nitrogen and oxygen atoms in total. The largest absolute Gasteiger partial charge is 0.468 e. The molecular weight excluding hydrogens is 360 g/mol. The first-order valence-electron chi connectivity index (χ1n) is 8.79. The van der Waals surface area contributed by atoms with Crippen LogP contribution in [-0.4, -0.2) is 36.3 Å². The average molecular weight is 384 g/mol. The Morgan fingerprint density at radius 3 is 2.29 bits per heavy atom. The highest BCUT2D eigenvalue weighted by Crippen LogP contribution is 2.42. The van der Waals surface area contributed by atoms with Crippen molar-refractivity contribution in [2.45, 2.75) is 5.92 Å². The molecule has 8 heteroatoms. The Balaban J connectivity index is 2.32. The number of rotatable bonds is 3. The molecule has 1 aliphatic heterocycles. The van der Waals surface area contributed by atoms with Gasteiger partial charge in [0.15, 0.2) is 0 Å². The molecule has 0 fully saturated rings. The summed E-state index contributed by atoms with van der Waals surface area (Å²) in [5.74, 6) is -1.58. The Morgan fingerprint density at radius 1 is 1.14 bits per heavy atom. The van der Waals surface area contributed by atoms with E-state index in [0.29, 0.717) is 17.1 Å². The molecule has 0 bridgehead atoms. The minimum absolute atomic E-state index is 0.338. The lowest BCUT2D eigenvalue weighted by Gasteiger charge is -2.35. The fraction of sp³-hybridized carbons (Fsp3) is 0.350. The molecule has 1 aromatic heterocycles. The van der Waals surface area contributed by atoms with Crippen molar-refractivity contribution >= 4 is 17.5 Å². The lowest BCUT2D eigenvalue weighted by molar-refractivity contribution is -0.144. The fourth-order valence-corrected chi connectivity index (χ4v) is 3.64. The van der Waals surface area contributed by atoms with E-state index in [4.69, 9.17) is 4.74 Å². The zero-order valence-electron chi connectivity index (χ0n) is 16.6. The molecule has 1 aliphatic rings. The highest BCUT2D eigenvalue weighted by atomic mass is 16.5. The van der Waals surface area contributed by atoms with Crippen LogP contribution in [0.2, 0.25) is 0 Å². The number of hydrogen-bond donors (Lipinski definition) is 1. The van der Waals surface area contributed by atoms with Gasteiger partial charge in [0.1, 0.15) is 11.7 Å². The number of methoxy groups -OCH3 is 1. The Labute approximate surface area is 162 Å². The van der Waals surface area contributed by atoms with Gasteiger partial charge in [0, 0.05) is 45.5 Å².